The lowest BCUT2D eigenvalue weighted by Gasteiger charge is -2.12. The van der Waals surface area contributed by atoms with Crippen molar-refractivity contribution in [2.45, 2.75) is 6.54 Å². The first kappa shape index (κ1) is 21.6. The molecule has 0 atom stereocenters. The first-order valence-corrected chi connectivity index (χ1v) is 9.94. The number of ether oxygens (including phenoxy) is 1. The van der Waals surface area contributed by atoms with Gasteiger partial charge in [-0.3, -0.25) is 9.59 Å². The van der Waals surface area contributed by atoms with Gasteiger partial charge in [0.1, 0.15) is 12.4 Å². The van der Waals surface area contributed by atoms with E-state index in [0.29, 0.717) is 35.8 Å². The van der Waals surface area contributed by atoms with Crippen LogP contribution >= 0.6 is 0 Å². The summed E-state index contributed by atoms with van der Waals surface area (Å²) in [7, 11) is 0. The standard InChI is InChI=1S/C25H25N3O3/c1-2-15-31-23-14-7-6-13-22(23)26-18-24(29)28-21-12-8-11-20(16-21)25(30)27-17-19-9-4-3-5-10-19/h2-14,16,26H,1,15,17-18H2,(H,27,30)(H,28,29). The third kappa shape index (κ3) is 6.75. The second-order valence-electron chi connectivity index (χ2n) is 6.75. The minimum Gasteiger partial charge on any atom is -0.487 e. The van der Waals surface area contributed by atoms with Crippen LogP contribution in [0, 0.1) is 0 Å². The average molecular weight is 415 g/mol. The van der Waals surface area contributed by atoms with Gasteiger partial charge in [0.15, 0.2) is 0 Å². The van der Waals surface area contributed by atoms with Crippen LogP contribution < -0.4 is 20.7 Å². The summed E-state index contributed by atoms with van der Waals surface area (Å²) in [5.74, 6) is 0.207. The minimum absolute atomic E-state index is 0.0545. The molecule has 0 aliphatic carbocycles. The summed E-state index contributed by atoms with van der Waals surface area (Å²) >= 11 is 0. The number of amides is 2. The molecule has 0 saturated heterocycles. The van der Waals surface area contributed by atoms with Crippen molar-refractivity contribution in [2.24, 2.45) is 0 Å². The van der Waals surface area contributed by atoms with Crippen molar-refractivity contribution in [3.63, 3.8) is 0 Å². The van der Waals surface area contributed by atoms with E-state index in [1.54, 1.807) is 30.3 Å². The van der Waals surface area contributed by atoms with Gasteiger partial charge in [0, 0.05) is 17.8 Å². The zero-order chi connectivity index (χ0) is 21.9. The Hall–Kier alpha value is -4.06. The molecule has 0 heterocycles. The highest BCUT2D eigenvalue weighted by Crippen LogP contribution is 2.23. The van der Waals surface area contributed by atoms with Crippen molar-refractivity contribution in [1.82, 2.24) is 5.32 Å². The Labute approximate surface area is 181 Å². The van der Waals surface area contributed by atoms with Crippen LogP contribution in [0.1, 0.15) is 15.9 Å². The monoisotopic (exact) mass is 415 g/mol. The number of hydrogen-bond donors (Lipinski definition) is 3. The second kappa shape index (κ2) is 11.2. The fraction of sp³-hybridized carbons (Fsp3) is 0.120. The number of carbonyl (C=O) groups excluding carboxylic acids is 2. The van der Waals surface area contributed by atoms with Crippen molar-refractivity contribution in [3.05, 3.63) is 103 Å². The molecule has 0 aromatic heterocycles. The molecule has 3 aromatic rings. The fourth-order valence-electron chi connectivity index (χ4n) is 2.89. The molecule has 3 aromatic carbocycles. The summed E-state index contributed by atoms with van der Waals surface area (Å²) < 4.78 is 5.58. The highest BCUT2D eigenvalue weighted by atomic mass is 16.5. The molecule has 3 rings (SSSR count). The molecule has 0 saturated carbocycles. The molecule has 31 heavy (non-hydrogen) atoms. The lowest BCUT2D eigenvalue weighted by Crippen LogP contribution is -2.24. The Morgan fingerprint density at radius 3 is 2.52 bits per heavy atom. The lowest BCUT2D eigenvalue weighted by molar-refractivity contribution is -0.114. The summed E-state index contributed by atoms with van der Waals surface area (Å²) in [4.78, 5) is 24.8. The number of rotatable bonds is 10. The lowest BCUT2D eigenvalue weighted by atomic mass is 10.1. The SMILES string of the molecule is C=CCOc1ccccc1NCC(=O)Nc1cccc(C(=O)NCc2ccccc2)c1. The van der Waals surface area contributed by atoms with Crippen LogP contribution in [0.2, 0.25) is 0 Å². The van der Waals surface area contributed by atoms with E-state index in [1.807, 2.05) is 54.6 Å². The highest BCUT2D eigenvalue weighted by Gasteiger charge is 2.09. The zero-order valence-corrected chi connectivity index (χ0v) is 17.1. The third-order valence-corrected chi connectivity index (χ3v) is 4.39. The Morgan fingerprint density at radius 2 is 1.71 bits per heavy atom. The van der Waals surface area contributed by atoms with Gasteiger partial charge >= 0.3 is 0 Å². The molecular formula is C25H25N3O3. The molecule has 0 bridgehead atoms. The molecule has 0 aliphatic rings. The first-order chi connectivity index (χ1) is 15.2. The van der Waals surface area contributed by atoms with Gasteiger partial charge in [-0.05, 0) is 35.9 Å². The van der Waals surface area contributed by atoms with Gasteiger partial charge in [-0.1, -0.05) is 61.2 Å². The third-order valence-electron chi connectivity index (χ3n) is 4.39. The molecular weight excluding hydrogens is 390 g/mol. The van der Waals surface area contributed by atoms with Crippen LogP contribution in [-0.2, 0) is 11.3 Å². The number of anilines is 2. The summed E-state index contributed by atoms with van der Waals surface area (Å²) in [6.07, 6.45) is 1.66. The Morgan fingerprint density at radius 1 is 0.935 bits per heavy atom. The van der Waals surface area contributed by atoms with Gasteiger partial charge < -0.3 is 20.7 Å². The average Bonchev–Trinajstić information content (AvgIpc) is 2.81. The predicted molar refractivity (Wildman–Crippen MR) is 123 cm³/mol. The topological polar surface area (TPSA) is 79.5 Å². The van der Waals surface area contributed by atoms with E-state index in [-0.39, 0.29) is 18.4 Å². The Balaban J connectivity index is 1.54. The van der Waals surface area contributed by atoms with E-state index in [0.717, 1.165) is 5.56 Å². The van der Waals surface area contributed by atoms with Crippen LogP contribution in [0.15, 0.2) is 91.5 Å². The van der Waals surface area contributed by atoms with Crippen molar-refractivity contribution in [2.75, 3.05) is 23.8 Å². The summed E-state index contributed by atoms with van der Waals surface area (Å²) in [5.41, 5.74) is 2.76. The van der Waals surface area contributed by atoms with Gasteiger partial charge in [-0.25, -0.2) is 0 Å². The molecule has 0 radical (unpaired) electrons. The number of nitrogens with one attached hydrogen (secondary N) is 3. The molecule has 0 fully saturated rings. The Kier molecular flexibility index (Phi) is 7.83. The van der Waals surface area contributed by atoms with Crippen molar-refractivity contribution in [1.29, 1.82) is 0 Å². The maximum absolute atomic E-state index is 12.4. The van der Waals surface area contributed by atoms with E-state index in [9.17, 15) is 9.59 Å². The van der Waals surface area contributed by atoms with Gasteiger partial charge in [0.05, 0.1) is 12.2 Å². The second-order valence-corrected chi connectivity index (χ2v) is 6.75. The van der Waals surface area contributed by atoms with Crippen LogP contribution in [-0.4, -0.2) is 25.0 Å². The van der Waals surface area contributed by atoms with Crippen molar-refractivity contribution < 1.29 is 14.3 Å². The Bertz CT molecular complexity index is 1030. The molecule has 0 aliphatic heterocycles. The van der Waals surface area contributed by atoms with Crippen LogP contribution in [0.3, 0.4) is 0 Å². The molecule has 6 heteroatoms. The van der Waals surface area contributed by atoms with E-state index in [2.05, 4.69) is 22.5 Å². The summed E-state index contributed by atoms with van der Waals surface area (Å²) in [6, 6.07) is 23.9. The number of hydrogen-bond acceptors (Lipinski definition) is 4. The molecule has 0 spiro atoms. The van der Waals surface area contributed by atoms with E-state index < -0.39 is 0 Å². The summed E-state index contributed by atoms with van der Waals surface area (Å²) in [6.45, 7) is 4.51. The quantitative estimate of drug-likeness (QED) is 0.433. The van der Waals surface area contributed by atoms with Gasteiger partial charge in [-0.15, -0.1) is 0 Å². The van der Waals surface area contributed by atoms with Gasteiger partial charge in [0.2, 0.25) is 5.91 Å². The smallest absolute Gasteiger partial charge is 0.251 e. The first-order valence-electron chi connectivity index (χ1n) is 9.94. The minimum atomic E-state index is -0.236. The van der Waals surface area contributed by atoms with E-state index >= 15 is 0 Å². The van der Waals surface area contributed by atoms with Crippen LogP contribution in [0.4, 0.5) is 11.4 Å². The molecule has 6 nitrogen and oxygen atoms in total. The number of benzene rings is 3. The number of carbonyl (C=O) groups is 2. The maximum Gasteiger partial charge on any atom is 0.251 e. The van der Waals surface area contributed by atoms with Crippen molar-refractivity contribution in [3.8, 4) is 5.75 Å². The van der Waals surface area contributed by atoms with E-state index in [1.165, 1.54) is 0 Å². The highest BCUT2D eigenvalue weighted by molar-refractivity contribution is 5.98. The van der Waals surface area contributed by atoms with Gasteiger partial charge in [0.25, 0.3) is 5.91 Å². The normalized spacial score (nSPS) is 10.1. The largest absolute Gasteiger partial charge is 0.487 e. The predicted octanol–water partition coefficient (Wildman–Crippen LogP) is 4.23. The zero-order valence-electron chi connectivity index (χ0n) is 17.1. The van der Waals surface area contributed by atoms with Crippen molar-refractivity contribution >= 4 is 23.2 Å². The summed E-state index contributed by atoms with van der Waals surface area (Å²) in [5, 5.41) is 8.75. The molecule has 3 N–H and O–H groups in total. The van der Waals surface area contributed by atoms with Crippen LogP contribution in [0.25, 0.3) is 0 Å². The van der Waals surface area contributed by atoms with Crippen LogP contribution in [0.5, 0.6) is 5.75 Å². The fourth-order valence-corrected chi connectivity index (χ4v) is 2.89. The maximum atomic E-state index is 12.4. The van der Waals surface area contributed by atoms with Gasteiger partial charge in [-0.2, -0.15) is 0 Å². The number of para-hydroxylation sites is 2. The molecule has 158 valence electrons. The molecule has 2 amide bonds. The molecule has 0 unspecified atom stereocenters. The van der Waals surface area contributed by atoms with E-state index in [4.69, 9.17) is 4.74 Å².